The Hall–Kier alpha value is -0.930. The monoisotopic (exact) mass is 215 g/mol. The standard InChI is InChI=1S/C10H14ClNO2/c1-7-5-8(11)10(6-9(7)12)14-4-2-3-13/h5-6,13H,2-4,12H2,1H3. The van der Waals surface area contributed by atoms with E-state index in [-0.39, 0.29) is 6.61 Å². The first-order valence-corrected chi connectivity index (χ1v) is 4.82. The van der Waals surface area contributed by atoms with Crippen molar-refractivity contribution >= 4 is 17.3 Å². The van der Waals surface area contributed by atoms with Crippen molar-refractivity contribution in [1.29, 1.82) is 0 Å². The Morgan fingerprint density at radius 3 is 2.86 bits per heavy atom. The minimum absolute atomic E-state index is 0.110. The van der Waals surface area contributed by atoms with Gasteiger partial charge in [-0.2, -0.15) is 0 Å². The number of halogens is 1. The molecule has 1 aromatic carbocycles. The lowest BCUT2D eigenvalue weighted by atomic mass is 10.2. The molecule has 0 fully saturated rings. The third-order valence-corrected chi connectivity index (χ3v) is 2.18. The zero-order valence-electron chi connectivity index (χ0n) is 8.09. The van der Waals surface area contributed by atoms with Crippen molar-refractivity contribution in [3.05, 3.63) is 22.7 Å². The fraction of sp³-hybridized carbons (Fsp3) is 0.400. The summed E-state index contributed by atoms with van der Waals surface area (Å²) >= 11 is 5.94. The number of anilines is 1. The molecule has 3 nitrogen and oxygen atoms in total. The maximum Gasteiger partial charge on any atom is 0.139 e. The minimum atomic E-state index is 0.110. The Balaban J connectivity index is 2.72. The van der Waals surface area contributed by atoms with E-state index in [1.807, 2.05) is 6.92 Å². The lowest BCUT2D eigenvalue weighted by molar-refractivity contribution is 0.233. The summed E-state index contributed by atoms with van der Waals surface area (Å²) < 4.78 is 5.34. The Kier molecular flexibility index (Phi) is 4.04. The van der Waals surface area contributed by atoms with Crippen LogP contribution in [-0.2, 0) is 0 Å². The number of benzene rings is 1. The maximum absolute atomic E-state index is 8.57. The molecule has 0 saturated heterocycles. The molecule has 0 aliphatic rings. The number of hydrogen-bond donors (Lipinski definition) is 2. The molecule has 14 heavy (non-hydrogen) atoms. The first-order valence-electron chi connectivity index (χ1n) is 4.44. The van der Waals surface area contributed by atoms with Crippen LogP contribution in [0.25, 0.3) is 0 Å². The molecule has 0 spiro atoms. The summed E-state index contributed by atoms with van der Waals surface area (Å²) in [5.74, 6) is 0.572. The average molecular weight is 216 g/mol. The van der Waals surface area contributed by atoms with Crippen LogP contribution in [0.2, 0.25) is 5.02 Å². The molecule has 78 valence electrons. The third kappa shape index (κ3) is 2.79. The van der Waals surface area contributed by atoms with Crippen LogP contribution < -0.4 is 10.5 Å². The van der Waals surface area contributed by atoms with E-state index in [0.717, 1.165) is 5.56 Å². The van der Waals surface area contributed by atoms with Crippen LogP contribution in [0.5, 0.6) is 5.75 Å². The second kappa shape index (κ2) is 5.08. The Bertz CT molecular complexity index is 315. The predicted molar refractivity (Wildman–Crippen MR) is 57.8 cm³/mol. The largest absolute Gasteiger partial charge is 0.492 e. The van der Waals surface area contributed by atoms with Gasteiger partial charge in [-0.25, -0.2) is 0 Å². The SMILES string of the molecule is Cc1cc(Cl)c(OCCCO)cc1N. The molecule has 0 bridgehead atoms. The molecule has 0 aliphatic heterocycles. The molecular formula is C10H14ClNO2. The molecule has 0 atom stereocenters. The predicted octanol–water partition coefficient (Wildman–Crippen LogP) is 1.99. The Morgan fingerprint density at radius 1 is 1.50 bits per heavy atom. The van der Waals surface area contributed by atoms with Gasteiger partial charge < -0.3 is 15.6 Å². The molecule has 4 heteroatoms. The zero-order valence-corrected chi connectivity index (χ0v) is 8.84. The summed E-state index contributed by atoms with van der Waals surface area (Å²) in [5.41, 5.74) is 7.30. The van der Waals surface area contributed by atoms with Crippen LogP contribution in [0.1, 0.15) is 12.0 Å². The van der Waals surface area contributed by atoms with Crippen molar-refractivity contribution in [2.45, 2.75) is 13.3 Å². The van der Waals surface area contributed by atoms with E-state index in [0.29, 0.717) is 29.5 Å². The van der Waals surface area contributed by atoms with E-state index in [1.165, 1.54) is 0 Å². The van der Waals surface area contributed by atoms with Crippen molar-refractivity contribution in [2.75, 3.05) is 18.9 Å². The number of rotatable bonds is 4. The molecular weight excluding hydrogens is 202 g/mol. The lowest BCUT2D eigenvalue weighted by Crippen LogP contribution is -2.01. The van der Waals surface area contributed by atoms with Crippen LogP contribution in [-0.4, -0.2) is 18.3 Å². The van der Waals surface area contributed by atoms with Crippen molar-refractivity contribution in [2.24, 2.45) is 0 Å². The summed E-state index contributed by atoms with van der Waals surface area (Å²) in [4.78, 5) is 0. The van der Waals surface area contributed by atoms with E-state index >= 15 is 0 Å². The third-order valence-electron chi connectivity index (χ3n) is 1.88. The summed E-state index contributed by atoms with van der Waals surface area (Å²) in [6.45, 7) is 2.44. The molecule has 0 aliphatic carbocycles. The van der Waals surface area contributed by atoms with Crippen molar-refractivity contribution in [1.82, 2.24) is 0 Å². The van der Waals surface area contributed by atoms with E-state index in [4.69, 9.17) is 27.2 Å². The normalized spacial score (nSPS) is 10.2. The highest BCUT2D eigenvalue weighted by atomic mass is 35.5. The highest BCUT2D eigenvalue weighted by Crippen LogP contribution is 2.29. The van der Waals surface area contributed by atoms with Gasteiger partial charge in [0.15, 0.2) is 0 Å². The lowest BCUT2D eigenvalue weighted by Gasteiger charge is -2.09. The van der Waals surface area contributed by atoms with Gasteiger partial charge in [-0.15, -0.1) is 0 Å². The number of nitrogens with two attached hydrogens (primary N) is 1. The zero-order chi connectivity index (χ0) is 10.6. The van der Waals surface area contributed by atoms with E-state index < -0.39 is 0 Å². The van der Waals surface area contributed by atoms with Gasteiger partial charge in [0.05, 0.1) is 11.6 Å². The fourth-order valence-electron chi connectivity index (χ4n) is 1.03. The molecule has 0 saturated carbocycles. The van der Waals surface area contributed by atoms with Gasteiger partial charge in [-0.05, 0) is 18.6 Å². The highest BCUT2D eigenvalue weighted by molar-refractivity contribution is 6.32. The second-order valence-electron chi connectivity index (χ2n) is 3.06. The van der Waals surface area contributed by atoms with Gasteiger partial charge in [0.1, 0.15) is 5.75 Å². The smallest absolute Gasteiger partial charge is 0.139 e. The van der Waals surface area contributed by atoms with Gasteiger partial charge in [0.25, 0.3) is 0 Å². The van der Waals surface area contributed by atoms with Gasteiger partial charge in [-0.1, -0.05) is 11.6 Å². The molecule has 0 heterocycles. The quantitative estimate of drug-likeness (QED) is 0.597. The van der Waals surface area contributed by atoms with Gasteiger partial charge >= 0.3 is 0 Å². The van der Waals surface area contributed by atoms with Crippen molar-refractivity contribution in [3.63, 3.8) is 0 Å². The van der Waals surface area contributed by atoms with E-state index in [2.05, 4.69) is 0 Å². The molecule has 0 radical (unpaired) electrons. The van der Waals surface area contributed by atoms with Crippen molar-refractivity contribution < 1.29 is 9.84 Å². The van der Waals surface area contributed by atoms with Gasteiger partial charge in [0, 0.05) is 24.8 Å². The molecule has 0 amide bonds. The summed E-state index contributed by atoms with van der Waals surface area (Å²) in [5, 5.41) is 9.13. The minimum Gasteiger partial charge on any atom is -0.492 e. The summed E-state index contributed by atoms with van der Waals surface area (Å²) in [6.07, 6.45) is 0.587. The number of hydrogen-bond acceptors (Lipinski definition) is 3. The number of ether oxygens (including phenoxy) is 1. The Labute approximate surface area is 88.4 Å². The Morgan fingerprint density at radius 2 is 2.21 bits per heavy atom. The second-order valence-corrected chi connectivity index (χ2v) is 3.47. The molecule has 1 rings (SSSR count). The topological polar surface area (TPSA) is 55.5 Å². The average Bonchev–Trinajstić information content (AvgIpc) is 2.14. The maximum atomic E-state index is 8.57. The molecule has 3 N–H and O–H groups in total. The van der Waals surface area contributed by atoms with Crippen molar-refractivity contribution in [3.8, 4) is 5.75 Å². The van der Waals surface area contributed by atoms with Gasteiger partial charge in [-0.3, -0.25) is 0 Å². The highest BCUT2D eigenvalue weighted by Gasteiger charge is 2.04. The van der Waals surface area contributed by atoms with Crippen LogP contribution in [0.4, 0.5) is 5.69 Å². The van der Waals surface area contributed by atoms with Gasteiger partial charge in [0.2, 0.25) is 0 Å². The van der Waals surface area contributed by atoms with Crippen LogP contribution >= 0.6 is 11.6 Å². The summed E-state index contributed by atoms with van der Waals surface area (Å²) in [7, 11) is 0. The number of aliphatic hydroxyl groups excluding tert-OH is 1. The molecule has 1 aromatic rings. The van der Waals surface area contributed by atoms with Crippen LogP contribution in [0, 0.1) is 6.92 Å². The number of nitrogen functional groups attached to an aromatic ring is 1. The van der Waals surface area contributed by atoms with Crippen LogP contribution in [0.15, 0.2) is 12.1 Å². The van der Waals surface area contributed by atoms with E-state index in [1.54, 1.807) is 12.1 Å². The summed E-state index contributed by atoms with van der Waals surface area (Å²) in [6, 6.07) is 3.47. The van der Waals surface area contributed by atoms with Crippen LogP contribution in [0.3, 0.4) is 0 Å². The fourth-order valence-corrected chi connectivity index (χ4v) is 1.30. The first-order chi connectivity index (χ1) is 6.65. The number of aryl methyl sites for hydroxylation is 1. The molecule has 0 aromatic heterocycles. The number of aliphatic hydroxyl groups is 1. The molecule has 0 unspecified atom stereocenters. The first kappa shape index (κ1) is 11.1. The van der Waals surface area contributed by atoms with E-state index in [9.17, 15) is 0 Å².